The van der Waals surface area contributed by atoms with Gasteiger partial charge in [0.15, 0.2) is 0 Å². The van der Waals surface area contributed by atoms with Gasteiger partial charge in [0, 0.05) is 35.6 Å². The molecule has 0 unspecified atom stereocenters. The lowest BCUT2D eigenvalue weighted by molar-refractivity contribution is -0.138. The van der Waals surface area contributed by atoms with Gasteiger partial charge in [0.25, 0.3) is 0 Å². The summed E-state index contributed by atoms with van der Waals surface area (Å²) in [4.78, 5) is 12.1. The Morgan fingerprint density at radius 1 is 1.08 bits per heavy atom. The highest BCUT2D eigenvalue weighted by molar-refractivity contribution is 7.89. The van der Waals surface area contributed by atoms with E-state index in [4.69, 9.17) is 4.74 Å². The van der Waals surface area contributed by atoms with Gasteiger partial charge in [-0.1, -0.05) is 24.1 Å². The number of carboxylic acid groups (broad SMARTS) is 1. The number of aromatic nitrogens is 1. The van der Waals surface area contributed by atoms with E-state index in [1.807, 2.05) is 10.6 Å². The maximum atomic E-state index is 13.8. The minimum absolute atomic E-state index is 0.116. The molecule has 3 aromatic carbocycles. The second kappa shape index (κ2) is 11.7. The molecular weight excluding hydrogens is 526 g/mol. The van der Waals surface area contributed by atoms with E-state index in [0.29, 0.717) is 28.0 Å². The average Bonchev–Trinajstić information content (AvgIpc) is 3.14. The summed E-state index contributed by atoms with van der Waals surface area (Å²) in [5.41, 5.74) is 2.39. The number of halogens is 2. The number of sulfonamides is 1. The number of benzene rings is 3. The number of hydrogen-bond donors (Lipinski definition) is 2. The fraction of sp³-hybridized carbons (Fsp3) is 0.207. The molecule has 0 spiro atoms. The monoisotopic (exact) mass is 552 g/mol. The Balaban J connectivity index is 1.62. The van der Waals surface area contributed by atoms with Crippen LogP contribution in [-0.2, 0) is 27.8 Å². The molecule has 0 amide bonds. The van der Waals surface area contributed by atoms with E-state index in [1.54, 1.807) is 32.0 Å². The van der Waals surface area contributed by atoms with Crippen LogP contribution in [0, 0.1) is 30.4 Å². The predicted octanol–water partition coefficient (Wildman–Crippen LogP) is 4.65. The smallest absolute Gasteiger partial charge is 0.322 e. The van der Waals surface area contributed by atoms with Gasteiger partial charge in [-0.15, -0.1) is 5.92 Å². The van der Waals surface area contributed by atoms with Gasteiger partial charge in [0.1, 0.15) is 30.0 Å². The van der Waals surface area contributed by atoms with Gasteiger partial charge in [-0.3, -0.25) is 4.79 Å². The highest BCUT2D eigenvalue weighted by atomic mass is 32.2. The molecule has 10 heteroatoms. The van der Waals surface area contributed by atoms with Crippen molar-refractivity contribution in [1.29, 1.82) is 0 Å². The Bertz CT molecular complexity index is 1670. The molecule has 7 nitrogen and oxygen atoms in total. The van der Waals surface area contributed by atoms with Gasteiger partial charge in [-0.2, -0.15) is 4.72 Å². The van der Waals surface area contributed by atoms with Crippen molar-refractivity contribution in [3.63, 3.8) is 0 Å². The molecule has 202 valence electrons. The third-order valence-corrected chi connectivity index (χ3v) is 7.74. The Morgan fingerprint density at radius 3 is 2.38 bits per heavy atom. The molecule has 0 aliphatic carbocycles. The lowest BCUT2D eigenvalue weighted by atomic mass is 10.0. The zero-order valence-corrected chi connectivity index (χ0v) is 22.1. The van der Waals surface area contributed by atoms with E-state index in [2.05, 4.69) is 16.6 Å². The van der Waals surface area contributed by atoms with E-state index < -0.39 is 33.7 Å². The molecule has 1 atom stereocenters. The molecule has 0 aliphatic heterocycles. The number of carboxylic acids is 1. The molecule has 2 N–H and O–H groups in total. The molecule has 1 aromatic heterocycles. The van der Waals surface area contributed by atoms with Crippen LogP contribution in [0.5, 0.6) is 5.75 Å². The number of ether oxygens (including phenoxy) is 1. The molecule has 0 fully saturated rings. The summed E-state index contributed by atoms with van der Waals surface area (Å²) >= 11 is 0. The van der Waals surface area contributed by atoms with Gasteiger partial charge in [0.05, 0.1) is 4.90 Å². The van der Waals surface area contributed by atoms with Crippen LogP contribution in [0.25, 0.3) is 10.9 Å². The minimum atomic E-state index is -4.19. The normalized spacial score (nSPS) is 12.1. The summed E-state index contributed by atoms with van der Waals surface area (Å²) < 4.78 is 63.2. The Kier molecular flexibility index (Phi) is 8.33. The predicted molar refractivity (Wildman–Crippen MR) is 143 cm³/mol. The van der Waals surface area contributed by atoms with Crippen LogP contribution >= 0.6 is 0 Å². The molecule has 0 saturated heterocycles. The molecule has 0 aliphatic rings. The zero-order valence-electron chi connectivity index (χ0n) is 21.2. The van der Waals surface area contributed by atoms with Crippen LogP contribution in [0.4, 0.5) is 8.78 Å². The van der Waals surface area contributed by atoms with Crippen molar-refractivity contribution < 1.29 is 31.8 Å². The fourth-order valence-electron chi connectivity index (χ4n) is 4.39. The molecule has 4 rings (SSSR count). The van der Waals surface area contributed by atoms with Crippen molar-refractivity contribution >= 4 is 26.9 Å². The molecule has 0 radical (unpaired) electrons. The Hall–Kier alpha value is -4.20. The third kappa shape index (κ3) is 6.45. The minimum Gasteiger partial charge on any atom is -0.481 e. The van der Waals surface area contributed by atoms with E-state index in [-0.39, 0.29) is 24.5 Å². The van der Waals surface area contributed by atoms with E-state index >= 15 is 0 Å². The first-order valence-corrected chi connectivity index (χ1v) is 13.5. The Morgan fingerprint density at radius 2 is 1.74 bits per heavy atom. The first-order chi connectivity index (χ1) is 18.6. The largest absolute Gasteiger partial charge is 0.481 e. The lowest BCUT2D eigenvalue weighted by Gasteiger charge is -2.16. The van der Waals surface area contributed by atoms with Crippen molar-refractivity contribution in [2.45, 2.75) is 37.8 Å². The van der Waals surface area contributed by atoms with Crippen molar-refractivity contribution in [1.82, 2.24) is 9.29 Å². The summed E-state index contributed by atoms with van der Waals surface area (Å²) in [6, 6.07) is 14.6. The fourth-order valence-corrected chi connectivity index (χ4v) is 5.58. The van der Waals surface area contributed by atoms with Gasteiger partial charge in [0.2, 0.25) is 10.0 Å². The van der Waals surface area contributed by atoms with Crippen molar-refractivity contribution in [3.8, 4) is 17.6 Å². The Labute approximate surface area is 225 Å². The van der Waals surface area contributed by atoms with Crippen LogP contribution < -0.4 is 9.46 Å². The number of nitrogens with zero attached hydrogens (tertiary/aromatic N) is 1. The van der Waals surface area contributed by atoms with Crippen molar-refractivity contribution in [3.05, 3.63) is 95.2 Å². The van der Waals surface area contributed by atoms with E-state index in [1.165, 1.54) is 36.4 Å². The maximum absolute atomic E-state index is 13.8. The lowest BCUT2D eigenvalue weighted by Crippen LogP contribution is -2.42. The van der Waals surface area contributed by atoms with Crippen LogP contribution in [0.3, 0.4) is 0 Å². The van der Waals surface area contributed by atoms with Gasteiger partial charge in [-0.05, 0) is 67.4 Å². The zero-order chi connectivity index (χ0) is 28.2. The van der Waals surface area contributed by atoms with E-state index in [0.717, 1.165) is 11.6 Å². The number of aliphatic carboxylic acids is 1. The number of para-hydroxylation sites is 1. The summed E-state index contributed by atoms with van der Waals surface area (Å²) in [6.07, 6.45) is -0.150. The maximum Gasteiger partial charge on any atom is 0.322 e. The molecular formula is C29H26F2N2O5S. The highest BCUT2D eigenvalue weighted by Gasteiger charge is 2.28. The summed E-state index contributed by atoms with van der Waals surface area (Å²) in [5.74, 6) is 3.10. The highest BCUT2D eigenvalue weighted by Crippen LogP contribution is 2.29. The molecule has 1 heterocycles. The number of nitrogens with one attached hydrogen (secondary N) is 1. The quantitative estimate of drug-likeness (QED) is 0.279. The molecule has 0 saturated carbocycles. The van der Waals surface area contributed by atoms with Crippen LogP contribution in [0.1, 0.15) is 23.7 Å². The van der Waals surface area contributed by atoms with Crippen LogP contribution in [0.2, 0.25) is 0 Å². The topological polar surface area (TPSA) is 97.6 Å². The molecule has 4 aromatic rings. The average molecular weight is 553 g/mol. The van der Waals surface area contributed by atoms with Gasteiger partial charge >= 0.3 is 5.97 Å². The number of rotatable bonds is 10. The summed E-state index contributed by atoms with van der Waals surface area (Å²) in [7, 11) is -4.19. The number of carbonyl (C=O) groups is 1. The number of hydrogen-bond acceptors (Lipinski definition) is 4. The second-order valence-electron chi connectivity index (χ2n) is 8.85. The third-order valence-electron chi connectivity index (χ3n) is 6.25. The van der Waals surface area contributed by atoms with Crippen molar-refractivity contribution in [2.24, 2.45) is 0 Å². The van der Waals surface area contributed by atoms with E-state index in [9.17, 15) is 27.1 Å². The first-order valence-electron chi connectivity index (χ1n) is 12.0. The van der Waals surface area contributed by atoms with Crippen LogP contribution in [-0.4, -0.2) is 36.7 Å². The van der Waals surface area contributed by atoms with Gasteiger partial charge in [-0.25, -0.2) is 17.2 Å². The molecule has 0 bridgehead atoms. The van der Waals surface area contributed by atoms with Gasteiger partial charge < -0.3 is 14.4 Å². The van der Waals surface area contributed by atoms with Crippen molar-refractivity contribution in [2.75, 3.05) is 6.61 Å². The number of fused-ring (bicyclic) bond motifs is 1. The SMILES string of the molecule is CC#CCOc1ccc(S(=O)(=O)N[C@@H](Cc2c(C)n(Cc3cc(F)cc(F)c3)c3ccccc23)C(=O)O)cc1. The van der Waals surface area contributed by atoms with Crippen LogP contribution in [0.15, 0.2) is 71.6 Å². The molecule has 39 heavy (non-hydrogen) atoms. The summed E-state index contributed by atoms with van der Waals surface area (Å²) in [5, 5.41) is 10.6. The second-order valence-corrected chi connectivity index (χ2v) is 10.6. The summed E-state index contributed by atoms with van der Waals surface area (Å²) in [6.45, 7) is 3.74. The first kappa shape index (κ1) is 27.8. The standard InChI is InChI=1S/C29H26F2N2O5S/c1-3-4-13-38-23-9-11-24(12-10-23)39(36,37)32-27(29(34)35)17-26-19(2)33(28-8-6-5-7-25(26)28)18-20-14-21(30)16-22(31)15-20/h5-12,14-16,27,32H,13,17-18H2,1-2H3,(H,34,35)/t27-/m0/s1.